The summed E-state index contributed by atoms with van der Waals surface area (Å²) >= 11 is 0. The van der Waals surface area contributed by atoms with E-state index >= 15 is 0 Å². The van der Waals surface area contributed by atoms with Crippen molar-refractivity contribution in [3.05, 3.63) is 0 Å². The van der Waals surface area contributed by atoms with Crippen molar-refractivity contribution < 1.29 is 4.79 Å². The predicted molar refractivity (Wildman–Crippen MR) is 58.1 cm³/mol. The molecule has 2 atom stereocenters. The minimum atomic E-state index is 0.527. The molecule has 0 aliphatic heterocycles. The number of rotatable bonds is 1. The molecule has 0 aromatic carbocycles. The molecular weight excluding hydrogens is 172 g/mol. The van der Waals surface area contributed by atoms with Crippen molar-refractivity contribution in [2.75, 3.05) is 0 Å². The molecule has 0 bridgehead atoms. The van der Waals surface area contributed by atoms with Crippen molar-refractivity contribution in [1.82, 2.24) is 0 Å². The van der Waals surface area contributed by atoms with Crippen LogP contribution in [0.15, 0.2) is 0 Å². The van der Waals surface area contributed by atoms with E-state index in [9.17, 15) is 4.79 Å². The third kappa shape index (κ3) is 2.18. The van der Waals surface area contributed by atoms with Crippen molar-refractivity contribution in [2.24, 2.45) is 17.8 Å². The normalized spacial score (nSPS) is 35.9. The van der Waals surface area contributed by atoms with Gasteiger partial charge in [-0.2, -0.15) is 0 Å². The average molecular weight is 194 g/mol. The summed E-state index contributed by atoms with van der Waals surface area (Å²) in [5, 5.41) is 0. The summed E-state index contributed by atoms with van der Waals surface area (Å²) in [4.78, 5) is 11.5. The molecule has 0 spiro atoms. The van der Waals surface area contributed by atoms with Gasteiger partial charge < -0.3 is 0 Å². The molecule has 2 aliphatic rings. The molecule has 0 aromatic rings. The number of carbonyl (C=O) groups excluding carboxylic acids is 1. The first-order valence-electron chi connectivity index (χ1n) is 6.29. The second-order valence-corrected chi connectivity index (χ2v) is 5.32. The highest BCUT2D eigenvalue weighted by molar-refractivity contribution is 5.79. The summed E-state index contributed by atoms with van der Waals surface area (Å²) in [7, 11) is 0. The van der Waals surface area contributed by atoms with Crippen LogP contribution < -0.4 is 0 Å². The Morgan fingerprint density at radius 1 is 1.07 bits per heavy atom. The van der Waals surface area contributed by atoms with Crippen LogP contribution in [0.5, 0.6) is 0 Å². The fourth-order valence-corrected chi connectivity index (χ4v) is 3.36. The fourth-order valence-electron chi connectivity index (χ4n) is 3.36. The molecule has 2 fully saturated rings. The smallest absolute Gasteiger partial charge is 0.133 e. The van der Waals surface area contributed by atoms with Gasteiger partial charge in [-0.1, -0.05) is 39.0 Å². The van der Waals surface area contributed by atoms with Gasteiger partial charge in [0.1, 0.15) is 5.78 Å². The van der Waals surface area contributed by atoms with Gasteiger partial charge in [0.15, 0.2) is 0 Å². The van der Waals surface area contributed by atoms with E-state index in [4.69, 9.17) is 0 Å². The fraction of sp³-hybridized carbons (Fsp3) is 0.923. The van der Waals surface area contributed by atoms with Gasteiger partial charge in [0.2, 0.25) is 0 Å². The van der Waals surface area contributed by atoms with Crippen molar-refractivity contribution >= 4 is 5.78 Å². The maximum absolute atomic E-state index is 11.5. The highest BCUT2D eigenvalue weighted by Crippen LogP contribution is 2.40. The molecule has 0 N–H and O–H groups in total. The first-order chi connectivity index (χ1) is 6.77. The van der Waals surface area contributed by atoms with E-state index in [1.54, 1.807) is 0 Å². The quantitative estimate of drug-likeness (QED) is 0.623. The van der Waals surface area contributed by atoms with Crippen LogP contribution in [-0.2, 0) is 4.79 Å². The summed E-state index contributed by atoms with van der Waals surface area (Å²) in [6.45, 7) is 2.35. The third-order valence-electron chi connectivity index (χ3n) is 4.33. The van der Waals surface area contributed by atoms with Crippen molar-refractivity contribution in [2.45, 2.75) is 58.3 Å². The van der Waals surface area contributed by atoms with Crippen LogP contribution in [0.25, 0.3) is 0 Å². The topological polar surface area (TPSA) is 17.1 Å². The molecule has 2 rings (SSSR count). The van der Waals surface area contributed by atoms with Crippen LogP contribution in [0.3, 0.4) is 0 Å². The Morgan fingerprint density at radius 3 is 2.50 bits per heavy atom. The molecule has 0 saturated heterocycles. The second kappa shape index (κ2) is 4.46. The molecule has 2 unspecified atom stereocenters. The molecule has 2 saturated carbocycles. The Kier molecular flexibility index (Phi) is 3.25. The summed E-state index contributed by atoms with van der Waals surface area (Å²) in [6, 6.07) is 0. The van der Waals surface area contributed by atoms with Crippen LogP contribution in [0, 0.1) is 17.8 Å². The average Bonchev–Trinajstić information content (AvgIpc) is 2.23. The van der Waals surface area contributed by atoms with Crippen LogP contribution in [0.1, 0.15) is 58.3 Å². The predicted octanol–water partition coefficient (Wildman–Crippen LogP) is 3.57. The van der Waals surface area contributed by atoms with Gasteiger partial charge in [-0.3, -0.25) is 4.79 Å². The molecule has 0 aromatic heterocycles. The van der Waals surface area contributed by atoms with Gasteiger partial charge in [0.05, 0.1) is 0 Å². The lowest BCUT2D eigenvalue weighted by Crippen LogP contribution is -2.30. The lowest BCUT2D eigenvalue weighted by molar-refractivity contribution is -0.123. The molecule has 0 amide bonds. The molecule has 0 heterocycles. The van der Waals surface area contributed by atoms with Gasteiger partial charge in [-0.05, 0) is 24.2 Å². The Hall–Kier alpha value is -0.330. The highest BCUT2D eigenvalue weighted by atomic mass is 16.1. The van der Waals surface area contributed by atoms with Gasteiger partial charge in [0, 0.05) is 12.8 Å². The monoisotopic (exact) mass is 194 g/mol. The van der Waals surface area contributed by atoms with E-state index < -0.39 is 0 Å². The van der Waals surface area contributed by atoms with Crippen LogP contribution in [0.4, 0.5) is 0 Å². The second-order valence-electron chi connectivity index (χ2n) is 5.32. The Morgan fingerprint density at radius 2 is 1.79 bits per heavy atom. The number of Topliss-reactive ketones (excluding diaryl/α,β-unsaturated/α-hetero) is 1. The van der Waals surface area contributed by atoms with Gasteiger partial charge >= 0.3 is 0 Å². The van der Waals surface area contributed by atoms with Crippen LogP contribution in [-0.4, -0.2) is 5.78 Å². The number of hydrogen-bond acceptors (Lipinski definition) is 1. The first kappa shape index (κ1) is 10.2. The summed E-state index contributed by atoms with van der Waals surface area (Å²) in [5.41, 5.74) is 0. The molecule has 1 heteroatoms. The zero-order valence-corrected chi connectivity index (χ0v) is 9.30. The minimum Gasteiger partial charge on any atom is -0.300 e. The standard InChI is InChI=1S/C13H22O/c1-10-7-8-12(14)9-13(10)11-5-3-2-4-6-11/h10-11,13H,2-9H2,1H3. The van der Waals surface area contributed by atoms with E-state index in [-0.39, 0.29) is 0 Å². The van der Waals surface area contributed by atoms with Crippen molar-refractivity contribution in [3.63, 3.8) is 0 Å². The van der Waals surface area contributed by atoms with Crippen molar-refractivity contribution in [1.29, 1.82) is 0 Å². The first-order valence-corrected chi connectivity index (χ1v) is 6.29. The number of ketones is 1. The molecule has 80 valence electrons. The molecule has 0 radical (unpaired) electrons. The number of carbonyl (C=O) groups is 1. The molecule has 2 aliphatic carbocycles. The summed E-state index contributed by atoms with van der Waals surface area (Å²) < 4.78 is 0. The van der Waals surface area contributed by atoms with E-state index in [1.807, 2.05) is 0 Å². The minimum absolute atomic E-state index is 0.527. The molecule has 1 nitrogen and oxygen atoms in total. The summed E-state index contributed by atoms with van der Waals surface area (Å²) in [6.07, 6.45) is 9.91. The van der Waals surface area contributed by atoms with Crippen LogP contribution in [0.2, 0.25) is 0 Å². The highest BCUT2D eigenvalue weighted by Gasteiger charge is 2.32. The SMILES string of the molecule is CC1CCC(=O)CC1C1CCCCC1. The van der Waals surface area contributed by atoms with Gasteiger partial charge in [-0.25, -0.2) is 0 Å². The van der Waals surface area contributed by atoms with E-state index in [0.29, 0.717) is 5.78 Å². The maximum Gasteiger partial charge on any atom is 0.133 e. The molecular formula is C13H22O. The molecule has 14 heavy (non-hydrogen) atoms. The Balaban J connectivity index is 1.95. The number of hydrogen-bond donors (Lipinski definition) is 0. The van der Waals surface area contributed by atoms with Gasteiger partial charge in [0.25, 0.3) is 0 Å². The maximum atomic E-state index is 11.5. The third-order valence-corrected chi connectivity index (χ3v) is 4.33. The van der Waals surface area contributed by atoms with Crippen LogP contribution >= 0.6 is 0 Å². The van der Waals surface area contributed by atoms with E-state index in [2.05, 4.69) is 6.92 Å². The van der Waals surface area contributed by atoms with Crippen molar-refractivity contribution in [3.8, 4) is 0 Å². The van der Waals surface area contributed by atoms with E-state index in [0.717, 1.165) is 37.0 Å². The largest absolute Gasteiger partial charge is 0.300 e. The zero-order valence-electron chi connectivity index (χ0n) is 9.30. The Bertz CT molecular complexity index is 203. The zero-order chi connectivity index (χ0) is 9.97. The summed E-state index contributed by atoms with van der Waals surface area (Å²) in [5.74, 6) is 2.94. The Labute approximate surface area is 87.3 Å². The lowest BCUT2D eigenvalue weighted by Gasteiger charge is -2.36. The van der Waals surface area contributed by atoms with Gasteiger partial charge in [-0.15, -0.1) is 0 Å². The lowest BCUT2D eigenvalue weighted by atomic mass is 9.68. The van der Waals surface area contributed by atoms with E-state index in [1.165, 1.54) is 32.1 Å².